The zero-order valence-electron chi connectivity index (χ0n) is 18.2. The van der Waals surface area contributed by atoms with E-state index in [1.165, 1.54) is 35.7 Å². The van der Waals surface area contributed by atoms with Crippen LogP contribution in [0.4, 0.5) is 0 Å². The van der Waals surface area contributed by atoms with Crippen molar-refractivity contribution in [2.45, 2.75) is 24.2 Å². The number of carbonyl (C=O) groups excluding carboxylic acids is 3. The zero-order chi connectivity index (χ0) is 23.8. The molecule has 0 radical (unpaired) electrons. The van der Waals surface area contributed by atoms with Gasteiger partial charge in [0.1, 0.15) is 5.75 Å². The van der Waals surface area contributed by atoms with E-state index in [1.54, 1.807) is 24.3 Å². The van der Waals surface area contributed by atoms with Crippen LogP contribution >= 0.6 is 0 Å². The van der Waals surface area contributed by atoms with Crippen LogP contribution in [-0.4, -0.2) is 57.2 Å². The van der Waals surface area contributed by atoms with E-state index in [0.717, 1.165) is 12.8 Å². The molecule has 176 valence electrons. The summed E-state index contributed by atoms with van der Waals surface area (Å²) >= 11 is 0. The number of nitrogens with one attached hydrogen (secondary N) is 3. The molecule has 3 amide bonds. The van der Waals surface area contributed by atoms with E-state index >= 15 is 0 Å². The van der Waals surface area contributed by atoms with E-state index in [4.69, 9.17) is 4.74 Å². The lowest BCUT2D eigenvalue weighted by molar-refractivity contribution is -0.121. The van der Waals surface area contributed by atoms with Gasteiger partial charge < -0.3 is 10.1 Å². The Labute approximate surface area is 192 Å². The number of benzene rings is 2. The molecule has 2 aromatic carbocycles. The lowest BCUT2D eigenvalue weighted by Gasteiger charge is -2.15. The average Bonchev–Trinajstić information content (AvgIpc) is 3.38. The van der Waals surface area contributed by atoms with E-state index in [9.17, 15) is 22.8 Å². The molecule has 2 aromatic rings. The molecule has 3 rings (SSSR count). The van der Waals surface area contributed by atoms with Crippen LogP contribution in [0.1, 0.15) is 40.0 Å². The minimum absolute atomic E-state index is 0.0572. The minimum atomic E-state index is -3.56. The van der Waals surface area contributed by atoms with Crippen molar-refractivity contribution in [1.82, 2.24) is 20.5 Å². The molecule has 0 saturated carbocycles. The van der Waals surface area contributed by atoms with Crippen molar-refractivity contribution in [2.75, 3.05) is 26.7 Å². The van der Waals surface area contributed by atoms with Crippen LogP contribution in [-0.2, 0) is 14.8 Å². The van der Waals surface area contributed by atoms with Gasteiger partial charge in [-0.15, -0.1) is 0 Å². The molecule has 1 fully saturated rings. The second-order valence-corrected chi connectivity index (χ2v) is 9.28. The zero-order valence-corrected chi connectivity index (χ0v) is 19.0. The Morgan fingerprint density at radius 3 is 2.27 bits per heavy atom. The van der Waals surface area contributed by atoms with Gasteiger partial charge >= 0.3 is 0 Å². The van der Waals surface area contributed by atoms with Gasteiger partial charge in [-0.3, -0.25) is 25.2 Å². The summed E-state index contributed by atoms with van der Waals surface area (Å²) in [7, 11) is -2.10. The molecule has 0 aliphatic carbocycles. The van der Waals surface area contributed by atoms with E-state index < -0.39 is 21.8 Å². The van der Waals surface area contributed by atoms with Crippen molar-refractivity contribution < 1.29 is 27.5 Å². The summed E-state index contributed by atoms with van der Waals surface area (Å²) in [6.45, 7) is 1.05. The summed E-state index contributed by atoms with van der Waals surface area (Å²) in [6, 6.07) is 12.2. The van der Waals surface area contributed by atoms with Gasteiger partial charge in [-0.2, -0.15) is 4.31 Å². The van der Waals surface area contributed by atoms with Crippen LogP contribution in [0.15, 0.2) is 53.4 Å². The summed E-state index contributed by atoms with van der Waals surface area (Å²) < 4.78 is 31.6. The first-order valence-corrected chi connectivity index (χ1v) is 11.9. The molecule has 1 aliphatic heterocycles. The van der Waals surface area contributed by atoms with Crippen LogP contribution in [0, 0.1) is 0 Å². The van der Waals surface area contributed by atoms with E-state index in [-0.39, 0.29) is 29.3 Å². The lowest BCUT2D eigenvalue weighted by Crippen LogP contribution is -2.42. The molecule has 0 spiro atoms. The number of carbonyl (C=O) groups is 3. The highest BCUT2D eigenvalue weighted by molar-refractivity contribution is 7.89. The Kier molecular flexibility index (Phi) is 8.01. The van der Waals surface area contributed by atoms with Crippen molar-refractivity contribution in [3.05, 3.63) is 59.7 Å². The Morgan fingerprint density at radius 1 is 0.939 bits per heavy atom. The first-order chi connectivity index (χ1) is 15.8. The van der Waals surface area contributed by atoms with Crippen molar-refractivity contribution >= 4 is 27.7 Å². The van der Waals surface area contributed by atoms with Crippen LogP contribution in [0.3, 0.4) is 0 Å². The summed E-state index contributed by atoms with van der Waals surface area (Å²) in [5.41, 5.74) is 5.08. The van der Waals surface area contributed by atoms with E-state index in [2.05, 4.69) is 16.2 Å². The number of methoxy groups -OCH3 is 1. The molecular weight excluding hydrogens is 448 g/mol. The maximum atomic E-state index is 12.5. The fourth-order valence-electron chi connectivity index (χ4n) is 3.33. The van der Waals surface area contributed by atoms with Gasteiger partial charge in [0.2, 0.25) is 15.9 Å². The second-order valence-electron chi connectivity index (χ2n) is 7.34. The number of ether oxygens (including phenoxy) is 1. The lowest BCUT2D eigenvalue weighted by atomic mass is 10.2. The fourth-order valence-corrected chi connectivity index (χ4v) is 4.85. The topological polar surface area (TPSA) is 134 Å². The van der Waals surface area contributed by atoms with Crippen LogP contribution in [0.25, 0.3) is 0 Å². The Morgan fingerprint density at radius 2 is 1.61 bits per heavy atom. The Bertz CT molecular complexity index is 1110. The summed E-state index contributed by atoms with van der Waals surface area (Å²) in [5, 5.41) is 2.61. The van der Waals surface area contributed by atoms with Crippen LogP contribution in [0.2, 0.25) is 0 Å². The average molecular weight is 475 g/mol. The maximum absolute atomic E-state index is 12.5. The highest BCUT2D eigenvalue weighted by Crippen LogP contribution is 2.21. The summed E-state index contributed by atoms with van der Waals surface area (Å²) in [4.78, 5) is 36.5. The number of rotatable bonds is 8. The normalized spacial score (nSPS) is 13.8. The van der Waals surface area contributed by atoms with E-state index in [1.807, 2.05) is 0 Å². The molecule has 1 aliphatic rings. The molecule has 33 heavy (non-hydrogen) atoms. The highest BCUT2D eigenvalue weighted by Gasteiger charge is 2.27. The number of para-hydroxylation sites is 1. The Balaban J connectivity index is 1.44. The predicted octanol–water partition coefficient (Wildman–Crippen LogP) is 1.06. The molecule has 0 aromatic heterocycles. The third kappa shape index (κ3) is 6.08. The SMILES string of the molecule is COc1ccccc1C(=O)NCCC(=O)NNC(=O)c1ccc(S(=O)(=O)N2CCCC2)cc1. The number of nitrogens with zero attached hydrogens (tertiary/aromatic N) is 1. The van der Waals surface area contributed by atoms with Crippen molar-refractivity contribution in [3.8, 4) is 5.75 Å². The van der Waals surface area contributed by atoms with Gasteiger partial charge in [0.25, 0.3) is 11.8 Å². The summed E-state index contributed by atoms with van der Waals surface area (Å²) in [5.74, 6) is -1.05. The molecule has 10 nitrogen and oxygen atoms in total. The third-order valence-corrected chi connectivity index (χ3v) is 7.04. The number of amides is 3. The molecule has 11 heteroatoms. The molecule has 1 saturated heterocycles. The Hall–Kier alpha value is -3.44. The van der Waals surface area contributed by atoms with Crippen molar-refractivity contribution in [3.63, 3.8) is 0 Å². The highest BCUT2D eigenvalue weighted by atomic mass is 32.2. The number of sulfonamides is 1. The van der Waals surface area contributed by atoms with Gasteiger partial charge in [0, 0.05) is 31.6 Å². The van der Waals surface area contributed by atoms with Gasteiger partial charge in [-0.1, -0.05) is 12.1 Å². The third-order valence-electron chi connectivity index (χ3n) is 5.12. The molecule has 0 atom stereocenters. The van der Waals surface area contributed by atoms with Gasteiger partial charge in [-0.25, -0.2) is 8.42 Å². The molecular formula is C22H26N4O6S. The number of hydrogen-bond acceptors (Lipinski definition) is 6. The second kappa shape index (κ2) is 10.9. The number of hydrazine groups is 1. The predicted molar refractivity (Wildman–Crippen MR) is 120 cm³/mol. The first-order valence-electron chi connectivity index (χ1n) is 10.4. The molecule has 1 heterocycles. The standard InChI is InChI=1S/C22H26N4O6S/c1-32-19-7-3-2-6-18(19)22(29)23-13-12-20(27)24-25-21(28)16-8-10-17(11-9-16)33(30,31)26-14-4-5-15-26/h2-3,6-11H,4-5,12-15H2,1H3,(H,23,29)(H,24,27)(H,25,28). The van der Waals surface area contributed by atoms with Gasteiger partial charge in [-0.05, 0) is 49.2 Å². The smallest absolute Gasteiger partial charge is 0.269 e. The van der Waals surface area contributed by atoms with Gasteiger partial charge in [0.05, 0.1) is 17.6 Å². The minimum Gasteiger partial charge on any atom is -0.496 e. The monoisotopic (exact) mass is 474 g/mol. The van der Waals surface area contributed by atoms with Crippen LogP contribution < -0.4 is 20.9 Å². The maximum Gasteiger partial charge on any atom is 0.269 e. The largest absolute Gasteiger partial charge is 0.496 e. The quantitative estimate of drug-likeness (QED) is 0.490. The van der Waals surface area contributed by atoms with Gasteiger partial charge in [0.15, 0.2) is 0 Å². The van der Waals surface area contributed by atoms with Crippen molar-refractivity contribution in [2.24, 2.45) is 0 Å². The molecule has 3 N–H and O–H groups in total. The molecule has 0 bridgehead atoms. The fraction of sp³-hybridized carbons (Fsp3) is 0.318. The summed E-state index contributed by atoms with van der Waals surface area (Å²) in [6.07, 6.45) is 1.61. The van der Waals surface area contributed by atoms with Crippen molar-refractivity contribution in [1.29, 1.82) is 0 Å². The first kappa shape index (κ1) is 24.2. The number of hydrogen-bond donors (Lipinski definition) is 3. The van der Waals surface area contributed by atoms with Crippen LogP contribution in [0.5, 0.6) is 5.75 Å². The van der Waals surface area contributed by atoms with E-state index in [0.29, 0.717) is 24.4 Å². The molecule has 0 unspecified atom stereocenters.